The molecule has 1 fully saturated rings. The molecule has 0 atom stereocenters. The second kappa shape index (κ2) is 10.1. The molecule has 0 bridgehead atoms. The SMILES string of the molecule is CCn1c(N)c(C(N)=O)c(=O)c2cnc(Nc3ccc(CCN4CCC(C(F)(F)F)CC4)cc3)nc21. The Hall–Kier alpha value is -3.67. The van der Waals surface area contributed by atoms with Crippen molar-refractivity contribution in [3.8, 4) is 0 Å². The number of nitrogens with two attached hydrogens (primary N) is 2. The van der Waals surface area contributed by atoms with Crippen LogP contribution in [-0.4, -0.2) is 51.2 Å². The van der Waals surface area contributed by atoms with E-state index >= 15 is 0 Å². The number of aromatic nitrogens is 3. The number of anilines is 3. The Morgan fingerprint density at radius 1 is 1.19 bits per heavy atom. The van der Waals surface area contributed by atoms with Crippen molar-refractivity contribution < 1.29 is 18.0 Å². The van der Waals surface area contributed by atoms with Gasteiger partial charge in [0.1, 0.15) is 11.4 Å². The average Bonchev–Trinajstić information content (AvgIpc) is 2.83. The fourth-order valence-corrected chi connectivity index (χ4v) is 4.51. The first kappa shape index (κ1) is 25.4. The highest BCUT2D eigenvalue weighted by Gasteiger charge is 2.40. The van der Waals surface area contributed by atoms with E-state index in [9.17, 15) is 22.8 Å². The number of piperidine rings is 1. The zero-order chi connectivity index (χ0) is 26.0. The molecular formula is C24H28F3N7O2. The van der Waals surface area contributed by atoms with Crippen LogP contribution in [0.5, 0.6) is 0 Å². The van der Waals surface area contributed by atoms with Gasteiger partial charge in [0, 0.05) is 25.0 Å². The van der Waals surface area contributed by atoms with Gasteiger partial charge in [-0.2, -0.15) is 18.2 Å². The van der Waals surface area contributed by atoms with E-state index in [-0.39, 0.29) is 41.2 Å². The van der Waals surface area contributed by atoms with E-state index in [0.717, 1.165) is 17.7 Å². The monoisotopic (exact) mass is 503 g/mol. The van der Waals surface area contributed by atoms with Gasteiger partial charge in [0.15, 0.2) is 5.65 Å². The summed E-state index contributed by atoms with van der Waals surface area (Å²) in [5.74, 6) is -1.89. The van der Waals surface area contributed by atoms with Crippen molar-refractivity contribution in [3.63, 3.8) is 0 Å². The van der Waals surface area contributed by atoms with Gasteiger partial charge in [-0.3, -0.25) is 9.59 Å². The number of benzene rings is 1. The number of hydrogen-bond donors (Lipinski definition) is 3. The number of halogens is 3. The second-order valence-corrected chi connectivity index (χ2v) is 8.86. The number of carbonyl (C=O) groups excluding carboxylic acids is 1. The lowest BCUT2D eigenvalue weighted by atomic mass is 9.96. The lowest BCUT2D eigenvalue weighted by Crippen LogP contribution is -2.39. The summed E-state index contributed by atoms with van der Waals surface area (Å²) in [6.45, 7) is 3.78. The smallest absolute Gasteiger partial charge is 0.384 e. The van der Waals surface area contributed by atoms with Crippen LogP contribution in [0.3, 0.4) is 0 Å². The third kappa shape index (κ3) is 5.27. The van der Waals surface area contributed by atoms with Gasteiger partial charge in [-0.15, -0.1) is 0 Å². The number of pyridine rings is 1. The Bertz CT molecular complexity index is 1310. The summed E-state index contributed by atoms with van der Waals surface area (Å²) in [4.78, 5) is 35.1. The number of amides is 1. The number of alkyl halides is 3. The quantitative estimate of drug-likeness (QED) is 0.451. The van der Waals surface area contributed by atoms with Crippen molar-refractivity contribution in [2.24, 2.45) is 11.7 Å². The molecule has 9 nitrogen and oxygen atoms in total. The zero-order valence-corrected chi connectivity index (χ0v) is 19.8. The first-order valence-electron chi connectivity index (χ1n) is 11.7. The molecule has 0 aliphatic carbocycles. The normalized spacial score (nSPS) is 15.3. The summed E-state index contributed by atoms with van der Waals surface area (Å²) in [5.41, 5.74) is 12.5. The van der Waals surface area contributed by atoms with E-state index in [4.69, 9.17) is 11.5 Å². The van der Waals surface area contributed by atoms with E-state index in [2.05, 4.69) is 20.2 Å². The van der Waals surface area contributed by atoms with Crippen LogP contribution in [0.1, 0.15) is 35.7 Å². The molecule has 0 spiro atoms. The van der Waals surface area contributed by atoms with Crippen molar-refractivity contribution in [2.45, 2.75) is 38.9 Å². The van der Waals surface area contributed by atoms with E-state index < -0.39 is 23.4 Å². The van der Waals surface area contributed by atoms with Crippen LogP contribution in [0.15, 0.2) is 35.3 Å². The van der Waals surface area contributed by atoms with E-state index in [1.807, 2.05) is 24.3 Å². The minimum Gasteiger partial charge on any atom is -0.384 e. The number of nitrogen functional groups attached to an aromatic ring is 1. The summed E-state index contributed by atoms with van der Waals surface area (Å²) in [5, 5.41) is 3.23. The Morgan fingerprint density at radius 3 is 2.44 bits per heavy atom. The Kier molecular flexibility index (Phi) is 7.16. The largest absolute Gasteiger partial charge is 0.391 e. The van der Waals surface area contributed by atoms with Gasteiger partial charge in [0.05, 0.1) is 11.3 Å². The Morgan fingerprint density at radius 2 is 1.86 bits per heavy atom. The Labute approximate surface area is 205 Å². The van der Waals surface area contributed by atoms with Crippen LogP contribution >= 0.6 is 0 Å². The summed E-state index contributed by atoms with van der Waals surface area (Å²) in [6.07, 6.45) is -1.73. The lowest BCUT2D eigenvalue weighted by molar-refractivity contribution is -0.185. The maximum atomic E-state index is 12.8. The molecule has 1 aliphatic heterocycles. The second-order valence-electron chi connectivity index (χ2n) is 8.86. The molecule has 0 saturated carbocycles. The predicted octanol–water partition coefficient (Wildman–Crippen LogP) is 3.05. The van der Waals surface area contributed by atoms with E-state index in [0.29, 0.717) is 26.2 Å². The summed E-state index contributed by atoms with van der Waals surface area (Å²) in [6, 6.07) is 7.59. The molecule has 3 heterocycles. The van der Waals surface area contributed by atoms with Crippen LogP contribution in [0.4, 0.5) is 30.6 Å². The van der Waals surface area contributed by atoms with Crippen LogP contribution in [0.2, 0.25) is 0 Å². The van der Waals surface area contributed by atoms with Gasteiger partial charge in [0.25, 0.3) is 5.91 Å². The molecule has 192 valence electrons. The van der Waals surface area contributed by atoms with Gasteiger partial charge in [-0.25, -0.2) is 4.98 Å². The fourth-order valence-electron chi connectivity index (χ4n) is 4.51. The molecule has 3 aromatic rings. The highest BCUT2D eigenvalue weighted by Crippen LogP contribution is 2.34. The minimum absolute atomic E-state index is 0.0425. The van der Waals surface area contributed by atoms with Gasteiger partial charge in [0.2, 0.25) is 11.4 Å². The first-order valence-corrected chi connectivity index (χ1v) is 11.7. The third-order valence-corrected chi connectivity index (χ3v) is 6.58. The number of likely N-dealkylation sites (tertiary alicyclic amines) is 1. The van der Waals surface area contributed by atoms with Crippen molar-refractivity contribution >= 4 is 34.4 Å². The highest BCUT2D eigenvalue weighted by molar-refractivity contribution is 6.00. The average molecular weight is 504 g/mol. The molecule has 0 unspecified atom stereocenters. The number of fused-ring (bicyclic) bond motifs is 1. The lowest BCUT2D eigenvalue weighted by Gasteiger charge is -2.32. The number of nitrogens with zero attached hydrogens (tertiary/aromatic N) is 4. The number of aryl methyl sites for hydroxylation is 1. The number of primary amides is 1. The topological polar surface area (TPSA) is 132 Å². The molecule has 1 amide bonds. The van der Waals surface area contributed by atoms with Gasteiger partial charge < -0.3 is 26.3 Å². The molecule has 1 aliphatic rings. The van der Waals surface area contributed by atoms with Gasteiger partial charge in [-0.1, -0.05) is 12.1 Å². The van der Waals surface area contributed by atoms with Crippen molar-refractivity contribution in [1.82, 2.24) is 19.4 Å². The van der Waals surface area contributed by atoms with Crippen molar-refractivity contribution in [2.75, 3.05) is 30.7 Å². The van der Waals surface area contributed by atoms with Crippen LogP contribution < -0.4 is 22.2 Å². The number of nitrogens with one attached hydrogen (secondary N) is 1. The van der Waals surface area contributed by atoms with Crippen molar-refractivity contribution in [3.05, 3.63) is 51.8 Å². The molecule has 2 aromatic heterocycles. The zero-order valence-electron chi connectivity index (χ0n) is 19.8. The standard InChI is InChI=1S/C24H28F3N7O2/c1-2-34-20(28)18(21(29)36)19(35)17-13-30-23(32-22(17)34)31-16-5-3-14(4-6-16)7-10-33-11-8-15(9-12-33)24(25,26)27/h3-6,13,15H,2,7-12,28H2,1H3,(H2,29,36)(H,30,31,32). The van der Waals surface area contributed by atoms with Crippen LogP contribution in [0, 0.1) is 5.92 Å². The van der Waals surface area contributed by atoms with Gasteiger partial charge >= 0.3 is 6.18 Å². The van der Waals surface area contributed by atoms with Crippen LogP contribution in [0.25, 0.3) is 11.0 Å². The van der Waals surface area contributed by atoms with Crippen molar-refractivity contribution in [1.29, 1.82) is 0 Å². The number of hydrogen-bond acceptors (Lipinski definition) is 7. The fraction of sp³-hybridized carbons (Fsp3) is 0.417. The van der Waals surface area contributed by atoms with Gasteiger partial charge in [-0.05, 0) is 57.0 Å². The summed E-state index contributed by atoms with van der Waals surface area (Å²) < 4.78 is 40.0. The Balaban J connectivity index is 1.43. The van der Waals surface area contributed by atoms with Crippen LogP contribution in [-0.2, 0) is 13.0 Å². The molecule has 5 N–H and O–H groups in total. The summed E-state index contributed by atoms with van der Waals surface area (Å²) >= 11 is 0. The molecule has 36 heavy (non-hydrogen) atoms. The predicted molar refractivity (Wildman–Crippen MR) is 131 cm³/mol. The highest BCUT2D eigenvalue weighted by atomic mass is 19.4. The maximum Gasteiger partial charge on any atom is 0.391 e. The maximum absolute atomic E-state index is 12.8. The molecule has 0 radical (unpaired) electrons. The minimum atomic E-state index is -4.10. The number of carbonyl (C=O) groups is 1. The molecule has 12 heteroatoms. The first-order chi connectivity index (χ1) is 17.1. The third-order valence-electron chi connectivity index (χ3n) is 6.58. The molecule has 1 aromatic carbocycles. The molecule has 1 saturated heterocycles. The van der Waals surface area contributed by atoms with E-state index in [1.165, 1.54) is 10.8 Å². The molecular weight excluding hydrogens is 475 g/mol. The van der Waals surface area contributed by atoms with E-state index in [1.54, 1.807) is 6.92 Å². The number of rotatable bonds is 7. The summed E-state index contributed by atoms with van der Waals surface area (Å²) in [7, 11) is 0. The molecule has 4 rings (SSSR count).